The number of benzene rings is 1. The van der Waals surface area contributed by atoms with E-state index in [1.807, 2.05) is 18.2 Å². The van der Waals surface area contributed by atoms with E-state index in [4.69, 9.17) is 11.6 Å². The highest BCUT2D eigenvalue weighted by Gasteiger charge is 2.33. The molecule has 1 aromatic heterocycles. The standard InChI is InChI=1S/C13H9ClN4O/c14-11-5-2-1-4-9(11)10-8-17-18(12(10)19)13-15-6-3-7-16-13/h1-8,10H. The first kappa shape index (κ1) is 11.8. The quantitative estimate of drug-likeness (QED) is 0.842. The van der Waals surface area contributed by atoms with Crippen molar-refractivity contribution in [1.82, 2.24) is 9.97 Å². The monoisotopic (exact) mass is 272 g/mol. The van der Waals surface area contributed by atoms with Gasteiger partial charge in [0, 0.05) is 23.6 Å². The van der Waals surface area contributed by atoms with E-state index in [-0.39, 0.29) is 11.9 Å². The summed E-state index contributed by atoms with van der Waals surface area (Å²) in [5, 5.41) is 5.79. The molecule has 2 heterocycles. The number of rotatable bonds is 2. The van der Waals surface area contributed by atoms with Crippen molar-refractivity contribution < 1.29 is 4.79 Å². The molecular formula is C13H9ClN4O. The minimum Gasteiger partial charge on any atom is -0.271 e. The Morgan fingerprint density at radius 2 is 1.84 bits per heavy atom. The number of anilines is 1. The van der Waals surface area contributed by atoms with Crippen LogP contribution in [-0.4, -0.2) is 22.1 Å². The minimum absolute atomic E-state index is 0.209. The molecule has 0 saturated heterocycles. The second-order valence-electron chi connectivity index (χ2n) is 3.96. The van der Waals surface area contributed by atoms with Crippen molar-refractivity contribution in [1.29, 1.82) is 0 Å². The molecule has 3 rings (SSSR count). The molecule has 94 valence electrons. The molecule has 0 radical (unpaired) electrons. The van der Waals surface area contributed by atoms with Crippen molar-refractivity contribution in [2.75, 3.05) is 5.01 Å². The summed E-state index contributed by atoms with van der Waals surface area (Å²) in [7, 11) is 0. The van der Waals surface area contributed by atoms with Crippen LogP contribution < -0.4 is 5.01 Å². The molecule has 19 heavy (non-hydrogen) atoms. The van der Waals surface area contributed by atoms with Gasteiger partial charge < -0.3 is 0 Å². The number of carbonyl (C=O) groups is 1. The predicted molar refractivity (Wildman–Crippen MR) is 72.2 cm³/mol. The van der Waals surface area contributed by atoms with Crippen LogP contribution in [0, 0.1) is 0 Å². The van der Waals surface area contributed by atoms with Crippen molar-refractivity contribution in [3.8, 4) is 0 Å². The van der Waals surface area contributed by atoms with Gasteiger partial charge in [-0.05, 0) is 17.7 Å². The highest BCUT2D eigenvalue weighted by molar-refractivity contribution is 6.32. The molecule has 6 heteroatoms. The molecule has 0 fully saturated rings. The molecule has 1 aliphatic rings. The number of nitrogens with zero attached hydrogens (tertiary/aromatic N) is 4. The average Bonchev–Trinajstić information content (AvgIpc) is 2.82. The van der Waals surface area contributed by atoms with E-state index in [1.54, 1.807) is 30.7 Å². The molecule has 1 amide bonds. The number of hydrogen-bond acceptors (Lipinski definition) is 4. The third-order valence-electron chi connectivity index (χ3n) is 2.79. The topological polar surface area (TPSA) is 58.5 Å². The summed E-state index contributed by atoms with van der Waals surface area (Å²) in [4.78, 5) is 20.3. The Bertz CT molecular complexity index is 644. The van der Waals surface area contributed by atoms with E-state index in [0.29, 0.717) is 5.02 Å². The van der Waals surface area contributed by atoms with Crippen molar-refractivity contribution in [2.24, 2.45) is 5.10 Å². The van der Waals surface area contributed by atoms with Crippen LogP contribution in [0.1, 0.15) is 11.5 Å². The first-order chi connectivity index (χ1) is 9.27. The van der Waals surface area contributed by atoms with E-state index >= 15 is 0 Å². The van der Waals surface area contributed by atoms with E-state index < -0.39 is 5.92 Å². The molecule has 0 spiro atoms. The van der Waals surface area contributed by atoms with Gasteiger partial charge in [0.25, 0.3) is 11.9 Å². The molecule has 0 N–H and O–H groups in total. The Morgan fingerprint density at radius 1 is 1.11 bits per heavy atom. The lowest BCUT2D eigenvalue weighted by molar-refractivity contribution is -0.118. The molecule has 1 aliphatic heterocycles. The van der Waals surface area contributed by atoms with Crippen LogP contribution in [0.25, 0.3) is 0 Å². The number of aromatic nitrogens is 2. The number of halogens is 1. The second kappa shape index (κ2) is 4.78. The zero-order valence-electron chi connectivity index (χ0n) is 9.77. The van der Waals surface area contributed by atoms with Gasteiger partial charge in [-0.1, -0.05) is 29.8 Å². The normalized spacial score (nSPS) is 18.1. The van der Waals surface area contributed by atoms with E-state index in [0.717, 1.165) is 5.56 Å². The van der Waals surface area contributed by atoms with Crippen molar-refractivity contribution in [2.45, 2.75) is 5.92 Å². The number of hydrazone groups is 1. The van der Waals surface area contributed by atoms with E-state index in [1.165, 1.54) is 5.01 Å². The Balaban J connectivity index is 1.92. The van der Waals surface area contributed by atoms with Crippen LogP contribution in [0.3, 0.4) is 0 Å². The lowest BCUT2D eigenvalue weighted by Gasteiger charge is -2.12. The highest BCUT2D eigenvalue weighted by Crippen LogP contribution is 2.29. The summed E-state index contributed by atoms with van der Waals surface area (Å²) >= 11 is 6.10. The van der Waals surface area contributed by atoms with Gasteiger partial charge in [0.2, 0.25) is 0 Å². The maximum atomic E-state index is 12.3. The summed E-state index contributed by atoms with van der Waals surface area (Å²) in [5.74, 6) is -0.435. The first-order valence-electron chi connectivity index (χ1n) is 5.67. The minimum atomic E-state index is -0.488. The molecule has 0 saturated carbocycles. The molecule has 0 bridgehead atoms. The predicted octanol–water partition coefficient (Wildman–Crippen LogP) is 2.25. The highest BCUT2D eigenvalue weighted by atomic mass is 35.5. The lowest BCUT2D eigenvalue weighted by atomic mass is 10.0. The average molecular weight is 273 g/mol. The maximum Gasteiger partial charge on any atom is 0.263 e. The number of amides is 1. The van der Waals surface area contributed by atoms with Gasteiger partial charge in [0.15, 0.2) is 0 Å². The van der Waals surface area contributed by atoms with Gasteiger partial charge in [-0.3, -0.25) is 4.79 Å². The lowest BCUT2D eigenvalue weighted by Crippen LogP contribution is -2.26. The van der Waals surface area contributed by atoms with Gasteiger partial charge in [0.1, 0.15) is 5.92 Å². The Morgan fingerprint density at radius 3 is 2.58 bits per heavy atom. The third kappa shape index (κ3) is 2.08. The summed E-state index contributed by atoms with van der Waals surface area (Å²) in [6, 6.07) is 8.90. The van der Waals surface area contributed by atoms with Gasteiger partial charge in [-0.2, -0.15) is 10.1 Å². The molecule has 1 unspecified atom stereocenters. The Labute approximate surface area is 114 Å². The smallest absolute Gasteiger partial charge is 0.263 e. The zero-order valence-corrected chi connectivity index (χ0v) is 10.5. The summed E-state index contributed by atoms with van der Waals surface area (Å²) in [6.45, 7) is 0. The fraction of sp³-hybridized carbons (Fsp3) is 0.0769. The van der Waals surface area contributed by atoms with Gasteiger partial charge in [-0.15, -0.1) is 0 Å². The van der Waals surface area contributed by atoms with E-state index in [9.17, 15) is 4.79 Å². The molecular weight excluding hydrogens is 264 g/mol. The Kier molecular flexibility index (Phi) is 2.97. The molecule has 1 atom stereocenters. The second-order valence-corrected chi connectivity index (χ2v) is 4.37. The molecule has 2 aromatic rings. The van der Waals surface area contributed by atoms with Crippen molar-refractivity contribution in [3.05, 3.63) is 53.3 Å². The van der Waals surface area contributed by atoms with E-state index in [2.05, 4.69) is 15.1 Å². The number of hydrogen-bond donors (Lipinski definition) is 0. The van der Waals surface area contributed by atoms with Gasteiger partial charge >= 0.3 is 0 Å². The van der Waals surface area contributed by atoms with Crippen molar-refractivity contribution >= 4 is 29.7 Å². The zero-order chi connectivity index (χ0) is 13.2. The first-order valence-corrected chi connectivity index (χ1v) is 6.04. The van der Waals surface area contributed by atoms with Crippen LogP contribution >= 0.6 is 11.6 Å². The van der Waals surface area contributed by atoms with Gasteiger partial charge in [0.05, 0.1) is 0 Å². The van der Waals surface area contributed by atoms with Crippen molar-refractivity contribution in [3.63, 3.8) is 0 Å². The SMILES string of the molecule is O=C1C(c2ccccc2Cl)C=NN1c1ncccn1. The van der Waals surface area contributed by atoms with Crippen LogP contribution in [0.4, 0.5) is 5.95 Å². The summed E-state index contributed by atoms with van der Waals surface area (Å²) < 4.78 is 0. The molecule has 1 aromatic carbocycles. The van der Waals surface area contributed by atoms with Crippen LogP contribution in [0.2, 0.25) is 5.02 Å². The summed E-state index contributed by atoms with van der Waals surface area (Å²) in [5.41, 5.74) is 0.733. The Hall–Kier alpha value is -2.27. The maximum absolute atomic E-state index is 12.3. The van der Waals surface area contributed by atoms with Crippen LogP contribution in [0.15, 0.2) is 47.8 Å². The van der Waals surface area contributed by atoms with Crippen LogP contribution in [0.5, 0.6) is 0 Å². The largest absolute Gasteiger partial charge is 0.271 e. The molecule has 0 aliphatic carbocycles. The van der Waals surface area contributed by atoms with Gasteiger partial charge in [-0.25, -0.2) is 9.97 Å². The number of carbonyl (C=O) groups excluding carboxylic acids is 1. The molecule has 5 nitrogen and oxygen atoms in total. The fourth-order valence-electron chi connectivity index (χ4n) is 1.88. The fourth-order valence-corrected chi connectivity index (χ4v) is 2.13. The third-order valence-corrected chi connectivity index (χ3v) is 3.13. The summed E-state index contributed by atoms with van der Waals surface area (Å²) in [6.07, 6.45) is 4.68. The van der Waals surface area contributed by atoms with Crippen LogP contribution in [-0.2, 0) is 4.79 Å².